The predicted molar refractivity (Wildman–Crippen MR) is 55.2 cm³/mol. The Balaban J connectivity index is 2.51. The third kappa shape index (κ3) is 3.63. The number of nitrogens with zero attached hydrogens (tertiary/aromatic N) is 2. The van der Waals surface area contributed by atoms with Crippen LogP contribution in [0.2, 0.25) is 0 Å². The second-order valence-electron chi connectivity index (χ2n) is 4.10. The van der Waals surface area contributed by atoms with Crippen LogP contribution < -0.4 is 5.32 Å². The molecule has 0 aliphatic rings. The first-order valence-corrected chi connectivity index (χ1v) is 4.70. The first kappa shape index (κ1) is 11.6. The fourth-order valence-corrected chi connectivity index (χ4v) is 0.882. The zero-order chi connectivity index (χ0) is 11.3. The van der Waals surface area contributed by atoms with Crippen molar-refractivity contribution < 1.29 is 9.90 Å². The molecule has 0 saturated heterocycles. The van der Waals surface area contributed by atoms with E-state index in [1.807, 2.05) is 13.8 Å². The molecule has 5 nitrogen and oxygen atoms in total. The Bertz CT molecular complexity index is 325. The predicted octanol–water partition coefficient (Wildman–Crippen LogP) is 0.225. The minimum atomic E-state index is -0.322. The molecule has 0 bridgehead atoms. The van der Waals surface area contributed by atoms with E-state index in [2.05, 4.69) is 15.3 Å². The van der Waals surface area contributed by atoms with Gasteiger partial charge in [0.1, 0.15) is 5.69 Å². The Morgan fingerprint density at radius 2 is 2.27 bits per heavy atom. The topological polar surface area (TPSA) is 75.1 Å². The smallest absolute Gasteiger partial charge is 0.271 e. The molecule has 0 unspecified atom stereocenters. The third-order valence-electron chi connectivity index (χ3n) is 1.95. The lowest BCUT2D eigenvalue weighted by atomic mass is 9.95. The zero-order valence-electron chi connectivity index (χ0n) is 8.90. The van der Waals surface area contributed by atoms with E-state index < -0.39 is 0 Å². The number of carbonyl (C=O) groups excluding carboxylic acids is 1. The first-order valence-electron chi connectivity index (χ1n) is 4.70. The van der Waals surface area contributed by atoms with Crippen LogP contribution in [0.4, 0.5) is 0 Å². The van der Waals surface area contributed by atoms with Gasteiger partial charge in [0.2, 0.25) is 0 Å². The summed E-state index contributed by atoms with van der Waals surface area (Å²) in [5, 5.41) is 11.7. The minimum Gasteiger partial charge on any atom is -0.396 e. The molecule has 2 N–H and O–H groups in total. The number of hydrogen-bond donors (Lipinski definition) is 2. The number of aliphatic hydroxyl groups excluding tert-OH is 1. The molecule has 0 radical (unpaired) electrons. The standard InChI is InChI=1S/C10H15N3O2/c1-10(2,7-14)6-13-9(15)8-5-11-3-4-12-8/h3-5,14H,6-7H2,1-2H3,(H,13,15). The van der Waals surface area contributed by atoms with E-state index in [0.717, 1.165) is 0 Å². The molecule has 1 rings (SSSR count). The van der Waals surface area contributed by atoms with E-state index in [0.29, 0.717) is 6.54 Å². The number of hydrogen-bond acceptors (Lipinski definition) is 4. The van der Waals surface area contributed by atoms with Crippen LogP contribution in [0.3, 0.4) is 0 Å². The van der Waals surface area contributed by atoms with E-state index in [4.69, 9.17) is 5.11 Å². The summed E-state index contributed by atoms with van der Waals surface area (Å²) in [6.45, 7) is 4.15. The molecule has 0 aliphatic carbocycles. The average molecular weight is 209 g/mol. The van der Waals surface area contributed by atoms with Crippen LogP contribution in [0.1, 0.15) is 24.3 Å². The molecule has 0 aliphatic heterocycles. The van der Waals surface area contributed by atoms with Gasteiger partial charge in [0.05, 0.1) is 6.20 Å². The number of carbonyl (C=O) groups is 1. The van der Waals surface area contributed by atoms with Crippen LogP contribution in [0.15, 0.2) is 18.6 Å². The van der Waals surface area contributed by atoms with E-state index in [1.165, 1.54) is 18.6 Å². The molecule has 0 atom stereocenters. The average Bonchev–Trinajstić information content (AvgIpc) is 2.27. The highest BCUT2D eigenvalue weighted by molar-refractivity contribution is 5.91. The molecule has 5 heteroatoms. The fraction of sp³-hybridized carbons (Fsp3) is 0.500. The van der Waals surface area contributed by atoms with Crippen molar-refractivity contribution in [2.45, 2.75) is 13.8 Å². The SMILES string of the molecule is CC(C)(CO)CNC(=O)c1cnccn1. The van der Waals surface area contributed by atoms with Gasteiger partial charge in [-0.2, -0.15) is 0 Å². The Kier molecular flexibility index (Phi) is 3.74. The summed E-state index contributed by atoms with van der Waals surface area (Å²) in [5.74, 6) is -0.273. The van der Waals surface area contributed by atoms with Gasteiger partial charge in [-0.3, -0.25) is 9.78 Å². The highest BCUT2D eigenvalue weighted by atomic mass is 16.3. The lowest BCUT2D eigenvalue weighted by molar-refractivity contribution is 0.0905. The molecule has 1 heterocycles. The van der Waals surface area contributed by atoms with Crippen molar-refractivity contribution in [2.24, 2.45) is 5.41 Å². The van der Waals surface area contributed by atoms with Crippen molar-refractivity contribution >= 4 is 5.91 Å². The molecule has 15 heavy (non-hydrogen) atoms. The number of aromatic nitrogens is 2. The normalized spacial score (nSPS) is 11.1. The van der Waals surface area contributed by atoms with E-state index in [-0.39, 0.29) is 23.6 Å². The maximum absolute atomic E-state index is 11.5. The van der Waals surface area contributed by atoms with Crippen molar-refractivity contribution in [3.8, 4) is 0 Å². The second kappa shape index (κ2) is 4.84. The number of aliphatic hydroxyl groups is 1. The van der Waals surface area contributed by atoms with Crippen LogP contribution in [-0.4, -0.2) is 34.1 Å². The molecule has 82 valence electrons. The van der Waals surface area contributed by atoms with Gasteiger partial charge in [-0.25, -0.2) is 4.98 Å². The molecule has 0 saturated carbocycles. The van der Waals surface area contributed by atoms with Crippen LogP contribution in [0.25, 0.3) is 0 Å². The van der Waals surface area contributed by atoms with Crippen molar-refractivity contribution in [1.82, 2.24) is 15.3 Å². The summed E-state index contributed by atoms with van der Waals surface area (Å²) in [5.41, 5.74) is -0.0380. The summed E-state index contributed by atoms with van der Waals surface area (Å²) in [6.07, 6.45) is 4.38. The molecular formula is C10H15N3O2. The summed E-state index contributed by atoms with van der Waals surface area (Å²) in [4.78, 5) is 19.2. The molecule has 0 aromatic carbocycles. The van der Waals surface area contributed by atoms with Crippen molar-refractivity contribution in [1.29, 1.82) is 0 Å². The molecular weight excluding hydrogens is 194 g/mol. The maximum Gasteiger partial charge on any atom is 0.271 e. The van der Waals surface area contributed by atoms with Crippen molar-refractivity contribution in [3.63, 3.8) is 0 Å². The Labute approximate surface area is 88.6 Å². The Morgan fingerprint density at radius 1 is 1.53 bits per heavy atom. The number of amides is 1. The van der Waals surface area contributed by atoms with Crippen LogP contribution >= 0.6 is 0 Å². The summed E-state index contributed by atoms with van der Waals surface area (Å²) >= 11 is 0. The van der Waals surface area contributed by atoms with E-state index in [9.17, 15) is 4.79 Å². The van der Waals surface area contributed by atoms with Gasteiger partial charge in [0.15, 0.2) is 0 Å². The summed E-state index contributed by atoms with van der Waals surface area (Å²) in [7, 11) is 0. The number of nitrogens with one attached hydrogen (secondary N) is 1. The summed E-state index contributed by atoms with van der Waals surface area (Å²) in [6, 6.07) is 0. The largest absolute Gasteiger partial charge is 0.396 e. The fourth-order valence-electron chi connectivity index (χ4n) is 0.882. The van der Waals surface area contributed by atoms with Gasteiger partial charge in [-0.05, 0) is 0 Å². The Hall–Kier alpha value is -1.49. The monoisotopic (exact) mass is 209 g/mol. The second-order valence-corrected chi connectivity index (χ2v) is 4.10. The van der Waals surface area contributed by atoms with Crippen LogP contribution in [0.5, 0.6) is 0 Å². The van der Waals surface area contributed by atoms with Crippen LogP contribution in [-0.2, 0) is 0 Å². The molecule has 1 aromatic heterocycles. The Morgan fingerprint density at radius 3 is 2.80 bits per heavy atom. The quantitative estimate of drug-likeness (QED) is 0.744. The van der Waals surface area contributed by atoms with Gasteiger partial charge in [-0.1, -0.05) is 13.8 Å². The van der Waals surface area contributed by atoms with E-state index >= 15 is 0 Å². The highest BCUT2D eigenvalue weighted by Gasteiger charge is 2.18. The lowest BCUT2D eigenvalue weighted by Crippen LogP contribution is -2.36. The van der Waals surface area contributed by atoms with Crippen LogP contribution in [0, 0.1) is 5.41 Å². The summed E-state index contributed by atoms with van der Waals surface area (Å²) < 4.78 is 0. The van der Waals surface area contributed by atoms with Crippen molar-refractivity contribution in [2.75, 3.05) is 13.2 Å². The zero-order valence-corrected chi connectivity index (χ0v) is 8.90. The minimum absolute atomic E-state index is 0.0216. The first-order chi connectivity index (χ1) is 7.05. The third-order valence-corrected chi connectivity index (χ3v) is 1.95. The molecule has 0 spiro atoms. The van der Waals surface area contributed by atoms with Gasteiger partial charge in [0, 0.05) is 31.0 Å². The van der Waals surface area contributed by atoms with Gasteiger partial charge >= 0.3 is 0 Å². The van der Waals surface area contributed by atoms with Gasteiger partial charge in [0.25, 0.3) is 5.91 Å². The lowest BCUT2D eigenvalue weighted by Gasteiger charge is -2.21. The molecule has 1 amide bonds. The van der Waals surface area contributed by atoms with Gasteiger partial charge < -0.3 is 10.4 Å². The van der Waals surface area contributed by atoms with Gasteiger partial charge in [-0.15, -0.1) is 0 Å². The van der Waals surface area contributed by atoms with E-state index in [1.54, 1.807) is 0 Å². The van der Waals surface area contributed by atoms with Crippen molar-refractivity contribution in [3.05, 3.63) is 24.3 Å². The number of rotatable bonds is 4. The maximum atomic E-state index is 11.5. The molecule has 1 aromatic rings. The molecule has 0 fully saturated rings. The highest BCUT2D eigenvalue weighted by Crippen LogP contribution is 2.11.